The molecule has 1 fully saturated rings. The molecule has 0 radical (unpaired) electrons. The predicted octanol–water partition coefficient (Wildman–Crippen LogP) is 2.26. The van der Waals surface area contributed by atoms with Gasteiger partial charge in [0.1, 0.15) is 0 Å². The number of nitrogens with one attached hydrogen (secondary N) is 1. The van der Waals surface area contributed by atoms with Crippen LogP contribution in [-0.2, 0) is 13.6 Å². The zero-order valence-electron chi connectivity index (χ0n) is 11.0. The maximum Gasteiger partial charge on any atom is 0.0964 e. The minimum Gasteiger partial charge on any atom is -0.308 e. The van der Waals surface area contributed by atoms with Crippen LogP contribution in [0.4, 0.5) is 0 Å². The van der Waals surface area contributed by atoms with Crippen molar-refractivity contribution in [3.8, 4) is 0 Å². The van der Waals surface area contributed by atoms with E-state index in [4.69, 9.17) is 0 Å². The molecule has 1 N–H and O–H groups in total. The van der Waals surface area contributed by atoms with Crippen molar-refractivity contribution in [2.45, 2.75) is 58.0 Å². The first-order valence-corrected chi connectivity index (χ1v) is 6.84. The molecule has 0 aromatic carbocycles. The number of hydrogen-bond acceptors (Lipinski definition) is 3. The molecule has 0 saturated heterocycles. The lowest BCUT2D eigenvalue weighted by Gasteiger charge is -2.23. The summed E-state index contributed by atoms with van der Waals surface area (Å²) in [7, 11) is 1.91. The van der Waals surface area contributed by atoms with Gasteiger partial charge in [-0.1, -0.05) is 30.9 Å². The molecule has 0 unspecified atom stereocenters. The van der Waals surface area contributed by atoms with Gasteiger partial charge in [0.25, 0.3) is 0 Å². The average Bonchev–Trinajstić information content (AvgIpc) is 2.58. The summed E-state index contributed by atoms with van der Waals surface area (Å²) >= 11 is 0. The van der Waals surface area contributed by atoms with Gasteiger partial charge in [0.15, 0.2) is 0 Å². The first kappa shape index (κ1) is 12.6. The lowest BCUT2D eigenvalue weighted by molar-refractivity contribution is 0.335. The van der Waals surface area contributed by atoms with Gasteiger partial charge < -0.3 is 5.32 Å². The maximum atomic E-state index is 4.10. The minimum atomic E-state index is 0.593. The highest BCUT2D eigenvalue weighted by Gasteiger charge is 2.18. The molecule has 96 valence electrons. The number of rotatable bonds is 4. The third kappa shape index (κ3) is 3.80. The fourth-order valence-electron chi connectivity index (χ4n) is 2.72. The van der Waals surface area contributed by atoms with Crippen molar-refractivity contribution >= 4 is 0 Å². The highest BCUT2D eigenvalue weighted by molar-refractivity contribution is 4.91. The molecule has 17 heavy (non-hydrogen) atoms. The van der Waals surface area contributed by atoms with Crippen molar-refractivity contribution < 1.29 is 0 Å². The van der Waals surface area contributed by atoms with E-state index in [1.807, 2.05) is 13.2 Å². The third-order valence-electron chi connectivity index (χ3n) is 3.86. The number of nitrogens with zero attached hydrogens (tertiary/aromatic N) is 3. The van der Waals surface area contributed by atoms with Crippen LogP contribution in [0.15, 0.2) is 6.20 Å². The second-order valence-electron chi connectivity index (χ2n) is 5.30. The average molecular weight is 236 g/mol. The van der Waals surface area contributed by atoms with Gasteiger partial charge in [-0.05, 0) is 25.7 Å². The first-order valence-electron chi connectivity index (χ1n) is 6.84. The lowest BCUT2D eigenvalue weighted by atomic mass is 9.93. The van der Waals surface area contributed by atoms with Crippen LogP contribution in [0.3, 0.4) is 0 Å². The van der Waals surface area contributed by atoms with Crippen LogP contribution >= 0.6 is 0 Å². The lowest BCUT2D eigenvalue weighted by Crippen LogP contribution is -2.33. The first-order chi connectivity index (χ1) is 8.25. The van der Waals surface area contributed by atoms with Crippen LogP contribution in [0, 0.1) is 5.92 Å². The quantitative estimate of drug-likeness (QED) is 0.815. The van der Waals surface area contributed by atoms with E-state index in [1.165, 1.54) is 38.5 Å². The molecule has 1 aliphatic rings. The van der Waals surface area contributed by atoms with Crippen LogP contribution in [0.1, 0.15) is 51.1 Å². The summed E-state index contributed by atoms with van der Waals surface area (Å²) in [6.07, 6.45) is 10.4. The maximum absolute atomic E-state index is 4.10. The second-order valence-corrected chi connectivity index (χ2v) is 5.30. The van der Waals surface area contributed by atoms with Crippen molar-refractivity contribution in [1.82, 2.24) is 20.3 Å². The van der Waals surface area contributed by atoms with E-state index in [-0.39, 0.29) is 0 Å². The topological polar surface area (TPSA) is 42.7 Å². The Kier molecular flexibility index (Phi) is 4.54. The van der Waals surface area contributed by atoms with Crippen LogP contribution in [0.2, 0.25) is 0 Å². The normalized spacial score (nSPS) is 20.1. The summed E-state index contributed by atoms with van der Waals surface area (Å²) in [5.74, 6) is 0.842. The van der Waals surface area contributed by atoms with E-state index in [1.54, 1.807) is 4.68 Å². The van der Waals surface area contributed by atoms with Crippen molar-refractivity contribution in [1.29, 1.82) is 0 Å². The van der Waals surface area contributed by atoms with E-state index in [2.05, 4.69) is 22.6 Å². The Labute approximate surface area is 104 Å². The molecule has 1 heterocycles. The van der Waals surface area contributed by atoms with Crippen molar-refractivity contribution in [2.24, 2.45) is 13.0 Å². The molecule has 4 heteroatoms. The van der Waals surface area contributed by atoms with Gasteiger partial charge in [-0.3, -0.25) is 4.68 Å². The Bertz CT molecular complexity index is 326. The Hall–Kier alpha value is -0.900. The van der Waals surface area contributed by atoms with Gasteiger partial charge in [0.2, 0.25) is 0 Å². The summed E-state index contributed by atoms with van der Waals surface area (Å²) in [4.78, 5) is 0. The van der Waals surface area contributed by atoms with Gasteiger partial charge in [0, 0.05) is 25.8 Å². The Morgan fingerprint density at radius 1 is 1.35 bits per heavy atom. The van der Waals surface area contributed by atoms with Crippen molar-refractivity contribution in [2.75, 3.05) is 0 Å². The molecule has 1 atom stereocenters. The third-order valence-corrected chi connectivity index (χ3v) is 3.86. The molecule has 2 rings (SSSR count). The van der Waals surface area contributed by atoms with Gasteiger partial charge in [-0.15, -0.1) is 5.10 Å². The van der Waals surface area contributed by atoms with Crippen LogP contribution in [0.25, 0.3) is 0 Å². The van der Waals surface area contributed by atoms with Crippen LogP contribution in [-0.4, -0.2) is 21.0 Å². The number of hydrogen-bond donors (Lipinski definition) is 1. The summed E-state index contributed by atoms with van der Waals surface area (Å²) in [5, 5.41) is 11.6. The van der Waals surface area contributed by atoms with Gasteiger partial charge in [-0.25, -0.2) is 0 Å². The highest BCUT2D eigenvalue weighted by atomic mass is 15.4. The van der Waals surface area contributed by atoms with Gasteiger partial charge >= 0.3 is 0 Å². The number of aryl methyl sites for hydroxylation is 1. The minimum absolute atomic E-state index is 0.593. The van der Waals surface area contributed by atoms with Crippen LogP contribution in [0.5, 0.6) is 0 Å². The van der Waals surface area contributed by atoms with Crippen molar-refractivity contribution in [3.63, 3.8) is 0 Å². The molecule has 1 aromatic heterocycles. The summed E-state index contributed by atoms with van der Waals surface area (Å²) < 4.78 is 1.76. The molecule has 1 aromatic rings. The molecule has 1 aliphatic carbocycles. The second kappa shape index (κ2) is 6.15. The molecule has 0 amide bonds. The van der Waals surface area contributed by atoms with Crippen LogP contribution < -0.4 is 5.32 Å². The Morgan fingerprint density at radius 3 is 2.65 bits per heavy atom. The Morgan fingerprint density at radius 2 is 2.06 bits per heavy atom. The standard InChI is InChI=1S/C13H24N4/c1-11(12-7-5-3-4-6-8-12)14-9-13-10-17(2)16-15-13/h10-12,14H,3-9H2,1-2H3/t11-/m0/s1. The van der Waals surface area contributed by atoms with E-state index < -0.39 is 0 Å². The molecule has 1 saturated carbocycles. The zero-order chi connectivity index (χ0) is 12.1. The fourth-order valence-corrected chi connectivity index (χ4v) is 2.72. The van der Waals surface area contributed by atoms with Gasteiger partial charge in [0.05, 0.1) is 5.69 Å². The smallest absolute Gasteiger partial charge is 0.0964 e. The van der Waals surface area contributed by atoms with E-state index in [9.17, 15) is 0 Å². The fraction of sp³-hybridized carbons (Fsp3) is 0.846. The van der Waals surface area contributed by atoms with E-state index >= 15 is 0 Å². The predicted molar refractivity (Wildman–Crippen MR) is 68.5 cm³/mol. The highest BCUT2D eigenvalue weighted by Crippen LogP contribution is 2.25. The SMILES string of the molecule is C[C@H](NCc1cn(C)nn1)C1CCCCCC1. The van der Waals surface area contributed by atoms with E-state index in [0.29, 0.717) is 6.04 Å². The summed E-state index contributed by atoms with van der Waals surface area (Å²) in [6.45, 7) is 3.15. The van der Waals surface area contributed by atoms with Crippen molar-refractivity contribution in [3.05, 3.63) is 11.9 Å². The zero-order valence-corrected chi connectivity index (χ0v) is 11.0. The monoisotopic (exact) mass is 236 g/mol. The Balaban J connectivity index is 1.77. The molecular weight excluding hydrogens is 212 g/mol. The molecular formula is C13H24N4. The summed E-state index contributed by atoms with van der Waals surface area (Å²) in [5.41, 5.74) is 1.04. The van der Waals surface area contributed by atoms with Gasteiger partial charge in [-0.2, -0.15) is 0 Å². The molecule has 0 bridgehead atoms. The molecule has 0 spiro atoms. The summed E-state index contributed by atoms with van der Waals surface area (Å²) in [6, 6.07) is 0.593. The largest absolute Gasteiger partial charge is 0.308 e. The number of aromatic nitrogens is 3. The molecule has 0 aliphatic heterocycles. The van der Waals surface area contributed by atoms with E-state index in [0.717, 1.165) is 18.2 Å². The molecule has 4 nitrogen and oxygen atoms in total.